The highest BCUT2D eigenvalue weighted by molar-refractivity contribution is 8.00. The van der Waals surface area contributed by atoms with Crippen molar-refractivity contribution in [2.24, 2.45) is 7.05 Å². The molecule has 0 radical (unpaired) electrons. The number of thioether (sulfide) groups is 1. The van der Waals surface area contributed by atoms with Gasteiger partial charge in [0.05, 0.1) is 16.0 Å². The molecule has 0 bridgehead atoms. The van der Waals surface area contributed by atoms with E-state index in [1.807, 2.05) is 36.9 Å². The van der Waals surface area contributed by atoms with E-state index in [-0.39, 0.29) is 11.2 Å². The van der Waals surface area contributed by atoms with Crippen molar-refractivity contribution in [1.29, 1.82) is 0 Å². The van der Waals surface area contributed by atoms with Crippen LogP contribution in [-0.4, -0.2) is 20.7 Å². The van der Waals surface area contributed by atoms with Gasteiger partial charge in [0.15, 0.2) is 5.16 Å². The van der Waals surface area contributed by atoms with Crippen molar-refractivity contribution in [2.45, 2.75) is 17.3 Å². The predicted octanol–water partition coefficient (Wildman–Crippen LogP) is 3.19. The standard InChI is InChI=1S/C13H14ClN3OS/c1-9(19-13-15-7-8-17(13)2)12(18)16-11-6-4-3-5-10(11)14/h3-9H,1-2H3,(H,16,18). The zero-order valence-electron chi connectivity index (χ0n) is 10.6. The lowest BCUT2D eigenvalue weighted by molar-refractivity contribution is -0.115. The molecular formula is C13H14ClN3OS. The molecule has 19 heavy (non-hydrogen) atoms. The molecule has 4 nitrogen and oxygen atoms in total. The minimum absolute atomic E-state index is 0.0962. The van der Waals surface area contributed by atoms with Crippen LogP contribution in [0.15, 0.2) is 41.8 Å². The highest BCUT2D eigenvalue weighted by Gasteiger charge is 2.17. The molecule has 2 aromatic rings. The Morgan fingerprint density at radius 3 is 2.84 bits per heavy atom. The van der Waals surface area contributed by atoms with E-state index >= 15 is 0 Å². The zero-order chi connectivity index (χ0) is 13.8. The topological polar surface area (TPSA) is 46.9 Å². The number of carbonyl (C=O) groups excluding carboxylic acids is 1. The fourth-order valence-electron chi connectivity index (χ4n) is 1.47. The Bertz CT molecular complexity index is 585. The van der Waals surface area contributed by atoms with Gasteiger partial charge in [0.1, 0.15) is 0 Å². The summed E-state index contributed by atoms with van der Waals surface area (Å²) in [6.45, 7) is 1.84. The number of aromatic nitrogens is 2. The normalized spacial score (nSPS) is 12.2. The number of anilines is 1. The summed E-state index contributed by atoms with van der Waals surface area (Å²) in [7, 11) is 1.90. The van der Waals surface area contributed by atoms with Gasteiger partial charge in [-0.3, -0.25) is 4.79 Å². The van der Waals surface area contributed by atoms with Crippen LogP contribution in [0, 0.1) is 0 Å². The molecule has 1 heterocycles. The van der Waals surface area contributed by atoms with E-state index in [2.05, 4.69) is 10.3 Å². The van der Waals surface area contributed by atoms with Gasteiger partial charge < -0.3 is 9.88 Å². The number of hydrogen-bond acceptors (Lipinski definition) is 3. The quantitative estimate of drug-likeness (QED) is 0.881. The van der Waals surface area contributed by atoms with Gasteiger partial charge in [-0.05, 0) is 19.1 Å². The second-order valence-corrected chi connectivity index (χ2v) is 5.77. The number of carbonyl (C=O) groups is 1. The van der Waals surface area contributed by atoms with Gasteiger partial charge >= 0.3 is 0 Å². The molecule has 6 heteroatoms. The number of imidazole rings is 1. The lowest BCUT2D eigenvalue weighted by Crippen LogP contribution is -2.22. The molecule has 0 saturated heterocycles. The summed E-state index contributed by atoms with van der Waals surface area (Å²) in [5, 5.41) is 3.90. The van der Waals surface area contributed by atoms with Gasteiger partial charge in [0.25, 0.3) is 0 Å². The predicted molar refractivity (Wildman–Crippen MR) is 78.6 cm³/mol. The van der Waals surface area contributed by atoms with E-state index in [0.717, 1.165) is 5.16 Å². The van der Waals surface area contributed by atoms with Crippen molar-refractivity contribution in [3.63, 3.8) is 0 Å². The Labute approximate surface area is 121 Å². The van der Waals surface area contributed by atoms with Gasteiger partial charge in [0, 0.05) is 19.4 Å². The van der Waals surface area contributed by atoms with Gasteiger partial charge in [-0.25, -0.2) is 4.98 Å². The van der Waals surface area contributed by atoms with E-state index in [1.165, 1.54) is 11.8 Å². The molecule has 1 aromatic carbocycles. The van der Waals surface area contributed by atoms with Gasteiger partial charge in [0.2, 0.25) is 5.91 Å². The summed E-state index contributed by atoms with van der Waals surface area (Å²) < 4.78 is 1.88. The smallest absolute Gasteiger partial charge is 0.237 e. The van der Waals surface area contributed by atoms with Crippen LogP contribution in [0.1, 0.15) is 6.92 Å². The largest absolute Gasteiger partial charge is 0.329 e. The van der Waals surface area contributed by atoms with Gasteiger partial charge in [-0.15, -0.1) is 0 Å². The van der Waals surface area contributed by atoms with Crippen LogP contribution in [0.2, 0.25) is 5.02 Å². The number of nitrogens with one attached hydrogen (secondary N) is 1. The van der Waals surface area contributed by atoms with Crippen LogP contribution < -0.4 is 5.32 Å². The van der Waals surface area contributed by atoms with Gasteiger partial charge in [-0.2, -0.15) is 0 Å². The van der Waals surface area contributed by atoms with Crippen LogP contribution >= 0.6 is 23.4 Å². The second kappa shape index (κ2) is 6.12. The number of nitrogens with zero attached hydrogens (tertiary/aromatic N) is 2. The third-order valence-corrected chi connectivity index (χ3v) is 4.06. The first kappa shape index (κ1) is 14.0. The number of aryl methyl sites for hydroxylation is 1. The Balaban J connectivity index is 2.00. The van der Waals surface area contributed by atoms with Crippen LogP contribution in [0.3, 0.4) is 0 Å². The number of amides is 1. The van der Waals surface area contributed by atoms with E-state index < -0.39 is 0 Å². The lowest BCUT2D eigenvalue weighted by Gasteiger charge is -2.12. The third kappa shape index (κ3) is 3.52. The number of hydrogen-bond donors (Lipinski definition) is 1. The maximum atomic E-state index is 12.1. The molecule has 0 saturated carbocycles. The van der Waals surface area contributed by atoms with Crippen LogP contribution in [0.4, 0.5) is 5.69 Å². The maximum absolute atomic E-state index is 12.1. The zero-order valence-corrected chi connectivity index (χ0v) is 12.2. The summed E-state index contributed by atoms with van der Waals surface area (Å²) in [6.07, 6.45) is 3.56. The number of halogens is 1. The van der Waals surface area contributed by atoms with Crippen LogP contribution in [0.25, 0.3) is 0 Å². The molecule has 1 unspecified atom stereocenters. The van der Waals surface area contributed by atoms with Gasteiger partial charge in [-0.1, -0.05) is 35.5 Å². The van der Waals surface area contributed by atoms with E-state index in [9.17, 15) is 4.79 Å². The molecular weight excluding hydrogens is 282 g/mol. The van der Waals surface area contributed by atoms with Crippen LogP contribution in [0.5, 0.6) is 0 Å². The number of para-hydroxylation sites is 1. The fraction of sp³-hybridized carbons (Fsp3) is 0.231. The summed E-state index contributed by atoms with van der Waals surface area (Å²) in [6, 6.07) is 7.17. The van der Waals surface area contributed by atoms with Crippen LogP contribution in [-0.2, 0) is 11.8 Å². The molecule has 0 aliphatic carbocycles. The Kier molecular flexibility index (Phi) is 4.50. The lowest BCUT2D eigenvalue weighted by atomic mass is 10.3. The third-order valence-electron chi connectivity index (χ3n) is 2.56. The van der Waals surface area contributed by atoms with E-state index in [0.29, 0.717) is 10.7 Å². The molecule has 100 valence electrons. The summed E-state index contributed by atoms with van der Waals surface area (Å²) in [4.78, 5) is 16.3. The average molecular weight is 296 g/mol. The highest BCUT2D eigenvalue weighted by atomic mass is 35.5. The molecule has 0 spiro atoms. The molecule has 0 fully saturated rings. The molecule has 1 amide bonds. The Hall–Kier alpha value is -1.46. The molecule has 2 rings (SSSR count). The Morgan fingerprint density at radius 1 is 1.47 bits per heavy atom. The second-order valence-electron chi connectivity index (χ2n) is 4.05. The summed E-state index contributed by atoms with van der Waals surface area (Å²) in [5.74, 6) is -0.0962. The minimum atomic E-state index is -0.252. The van der Waals surface area contributed by atoms with E-state index in [1.54, 1.807) is 18.3 Å². The molecule has 0 aliphatic heterocycles. The van der Waals surface area contributed by atoms with Crippen molar-refractivity contribution >= 4 is 35.0 Å². The molecule has 1 aromatic heterocycles. The Morgan fingerprint density at radius 2 is 2.21 bits per heavy atom. The monoisotopic (exact) mass is 295 g/mol. The highest BCUT2D eigenvalue weighted by Crippen LogP contribution is 2.24. The number of rotatable bonds is 4. The summed E-state index contributed by atoms with van der Waals surface area (Å²) in [5.41, 5.74) is 0.626. The first-order valence-corrected chi connectivity index (χ1v) is 7.03. The van der Waals surface area contributed by atoms with E-state index in [4.69, 9.17) is 11.6 Å². The summed E-state index contributed by atoms with van der Waals surface area (Å²) >= 11 is 7.41. The molecule has 1 N–H and O–H groups in total. The van der Waals surface area contributed by atoms with Crippen molar-refractivity contribution < 1.29 is 4.79 Å². The molecule has 1 atom stereocenters. The minimum Gasteiger partial charge on any atom is -0.329 e. The maximum Gasteiger partial charge on any atom is 0.237 e. The van der Waals surface area contributed by atoms with Crippen molar-refractivity contribution in [2.75, 3.05) is 5.32 Å². The molecule has 0 aliphatic rings. The van der Waals surface area contributed by atoms with Crippen molar-refractivity contribution in [1.82, 2.24) is 9.55 Å². The average Bonchev–Trinajstić information content (AvgIpc) is 2.78. The SMILES string of the molecule is CC(Sc1nccn1C)C(=O)Nc1ccccc1Cl. The number of benzene rings is 1. The van der Waals surface area contributed by atoms with Crippen molar-refractivity contribution in [3.05, 3.63) is 41.7 Å². The first-order chi connectivity index (χ1) is 9.08. The fourth-order valence-corrected chi connectivity index (χ4v) is 2.49. The van der Waals surface area contributed by atoms with Crippen molar-refractivity contribution in [3.8, 4) is 0 Å². The first-order valence-electron chi connectivity index (χ1n) is 5.77.